The van der Waals surface area contributed by atoms with E-state index in [0.29, 0.717) is 16.8 Å². The van der Waals surface area contributed by atoms with Crippen LogP contribution in [-0.4, -0.2) is 74.0 Å². The van der Waals surface area contributed by atoms with Crippen molar-refractivity contribution in [3.05, 3.63) is 114 Å². The van der Waals surface area contributed by atoms with Crippen LogP contribution in [0.1, 0.15) is 56.1 Å². The van der Waals surface area contributed by atoms with Crippen LogP contribution < -0.4 is 0 Å². The number of aliphatic imine (C=N–C) groups is 1. The summed E-state index contributed by atoms with van der Waals surface area (Å²) in [6.45, 7) is 9.18. The second-order valence-electron chi connectivity index (χ2n) is 12.4. The topological polar surface area (TPSA) is 103 Å². The third kappa shape index (κ3) is 6.68. The molecule has 0 aromatic heterocycles. The number of benzene rings is 3. The molecule has 2 unspecified atom stereocenters. The van der Waals surface area contributed by atoms with Crippen LogP contribution in [0.25, 0.3) is 5.70 Å². The van der Waals surface area contributed by atoms with Gasteiger partial charge in [0.1, 0.15) is 12.6 Å². The largest absolute Gasteiger partial charge is 0.476 e. The van der Waals surface area contributed by atoms with Gasteiger partial charge in [0, 0.05) is 24.3 Å². The zero-order chi connectivity index (χ0) is 32.3. The smallest absolute Gasteiger partial charge is 0.269 e. The van der Waals surface area contributed by atoms with Crippen LogP contribution in [-0.2, 0) is 20.7 Å². The minimum atomic E-state index is -1.35. The Bertz CT molecular complexity index is 1590. The molecule has 0 aliphatic carbocycles. The molecule has 3 amide bonds. The van der Waals surface area contributed by atoms with Crippen molar-refractivity contribution >= 4 is 29.3 Å². The Kier molecular flexibility index (Phi) is 9.20. The molecule has 0 fully saturated rings. The molecule has 5 rings (SSSR count). The summed E-state index contributed by atoms with van der Waals surface area (Å²) in [5.41, 5.74) is 1.69. The van der Waals surface area contributed by atoms with E-state index in [1.165, 1.54) is 21.8 Å². The standard InChI is InChI=1S/C36H40N4O5/c1-24(2)31-35(44)40(30(27-17-11-7-12-18-27)22-38(31)34(43)28-19-13-8-14-20-28)39(25(3)41)29(21-26-15-9-6-10-16-26)32(42)33-37-36(4,5)23-45-33/h6-20,22,24,29,31-32,42H,21,23H2,1-5H3/t29-,31?,32?/m0/s1. The molecule has 0 spiro atoms. The zero-order valence-corrected chi connectivity index (χ0v) is 26.3. The number of hydrogen-bond acceptors (Lipinski definition) is 6. The molecule has 45 heavy (non-hydrogen) atoms. The second kappa shape index (κ2) is 13.1. The lowest BCUT2D eigenvalue weighted by Crippen LogP contribution is -2.64. The predicted molar refractivity (Wildman–Crippen MR) is 172 cm³/mol. The molecular formula is C36H40N4O5. The molecule has 2 heterocycles. The summed E-state index contributed by atoms with van der Waals surface area (Å²) >= 11 is 0. The summed E-state index contributed by atoms with van der Waals surface area (Å²) in [6, 6.07) is 25.5. The predicted octanol–water partition coefficient (Wildman–Crippen LogP) is 4.94. The Morgan fingerprint density at radius 2 is 1.56 bits per heavy atom. The molecule has 3 atom stereocenters. The van der Waals surface area contributed by atoms with Gasteiger partial charge < -0.3 is 9.84 Å². The highest BCUT2D eigenvalue weighted by molar-refractivity contribution is 6.03. The van der Waals surface area contributed by atoms with Gasteiger partial charge in [-0.1, -0.05) is 92.7 Å². The summed E-state index contributed by atoms with van der Waals surface area (Å²) in [6.07, 6.45) is 0.503. The first-order valence-electron chi connectivity index (χ1n) is 15.2. The van der Waals surface area contributed by atoms with Crippen molar-refractivity contribution < 1.29 is 24.2 Å². The third-order valence-electron chi connectivity index (χ3n) is 7.95. The molecular weight excluding hydrogens is 568 g/mol. The van der Waals surface area contributed by atoms with E-state index in [0.717, 1.165) is 5.56 Å². The van der Waals surface area contributed by atoms with Gasteiger partial charge in [0.2, 0.25) is 11.8 Å². The van der Waals surface area contributed by atoms with Crippen molar-refractivity contribution in [2.45, 2.75) is 64.8 Å². The lowest BCUT2D eigenvalue weighted by molar-refractivity contribution is -0.167. The Morgan fingerprint density at radius 3 is 2.09 bits per heavy atom. The van der Waals surface area contributed by atoms with E-state index in [2.05, 4.69) is 4.99 Å². The molecule has 1 N–H and O–H groups in total. The normalized spacial score (nSPS) is 19.0. The van der Waals surface area contributed by atoms with E-state index >= 15 is 0 Å². The minimum absolute atomic E-state index is 0.114. The average Bonchev–Trinajstić information content (AvgIpc) is 3.40. The maximum absolute atomic E-state index is 14.8. The van der Waals surface area contributed by atoms with Crippen LogP contribution in [0, 0.1) is 5.92 Å². The van der Waals surface area contributed by atoms with Gasteiger partial charge >= 0.3 is 0 Å². The number of hydrogen-bond donors (Lipinski definition) is 1. The minimum Gasteiger partial charge on any atom is -0.476 e. The van der Waals surface area contributed by atoms with E-state index in [1.54, 1.807) is 30.5 Å². The van der Waals surface area contributed by atoms with Crippen LogP contribution in [0.4, 0.5) is 0 Å². The van der Waals surface area contributed by atoms with Gasteiger partial charge in [-0.05, 0) is 43.9 Å². The molecule has 2 aliphatic heterocycles. The highest BCUT2D eigenvalue weighted by Crippen LogP contribution is 2.35. The molecule has 2 aliphatic rings. The molecule has 0 radical (unpaired) electrons. The number of carbonyl (C=O) groups is 3. The molecule has 0 saturated heterocycles. The number of aliphatic hydroxyl groups is 1. The monoisotopic (exact) mass is 608 g/mol. The van der Waals surface area contributed by atoms with Crippen LogP contribution in [0.2, 0.25) is 0 Å². The average molecular weight is 609 g/mol. The number of rotatable bonds is 9. The van der Waals surface area contributed by atoms with Gasteiger partial charge in [-0.2, -0.15) is 0 Å². The third-order valence-corrected chi connectivity index (χ3v) is 7.95. The van der Waals surface area contributed by atoms with Gasteiger partial charge in [0.25, 0.3) is 11.8 Å². The molecule has 0 saturated carbocycles. The number of amides is 3. The highest BCUT2D eigenvalue weighted by atomic mass is 16.5. The van der Waals surface area contributed by atoms with Crippen LogP contribution in [0.15, 0.2) is 102 Å². The maximum Gasteiger partial charge on any atom is 0.269 e. The molecule has 3 aromatic carbocycles. The maximum atomic E-state index is 14.8. The lowest BCUT2D eigenvalue weighted by Gasteiger charge is -2.48. The SMILES string of the molecule is CC(=O)N([C@@H](Cc1ccccc1)C(O)C1=NC(C)(C)CO1)N1C(=O)C(C(C)C)N(C(=O)c2ccccc2)C=C1c1ccccc1. The summed E-state index contributed by atoms with van der Waals surface area (Å²) in [7, 11) is 0. The fourth-order valence-corrected chi connectivity index (χ4v) is 5.82. The van der Waals surface area contributed by atoms with Crippen molar-refractivity contribution in [1.82, 2.24) is 14.9 Å². The van der Waals surface area contributed by atoms with Crippen molar-refractivity contribution in [2.75, 3.05) is 6.61 Å². The molecule has 0 bridgehead atoms. The van der Waals surface area contributed by atoms with Crippen molar-refractivity contribution in [3.63, 3.8) is 0 Å². The van der Waals surface area contributed by atoms with Crippen LogP contribution in [0.3, 0.4) is 0 Å². The number of nitrogens with zero attached hydrogens (tertiary/aromatic N) is 4. The zero-order valence-electron chi connectivity index (χ0n) is 26.3. The molecule has 234 valence electrons. The Balaban J connectivity index is 1.69. The van der Waals surface area contributed by atoms with Crippen LogP contribution >= 0.6 is 0 Å². The lowest BCUT2D eigenvalue weighted by atomic mass is 9.96. The fraction of sp³-hybridized carbons (Fsp3) is 0.333. The van der Waals surface area contributed by atoms with Gasteiger partial charge in [-0.3, -0.25) is 19.3 Å². The molecule has 9 heteroatoms. The van der Waals surface area contributed by atoms with Crippen LogP contribution in [0.5, 0.6) is 0 Å². The number of carbonyl (C=O) groups excluding carboxylic acids is 3. The summed E-state index contributed by atoms with van der Waals surface area (Å²) in [5, 5.41) is 14.5. The fourth-order valence-electron chi connectivity index (χ4n) is 5.82. The Morgan fingerprint density at radius 1 is 0.978 bits per heavy atom. The summed E-state index contributed by atoms with van der Waals surface area (Å²) in [5.74, 6) is -1.46. The van der Waals surface area contributed by atoms with Crippen molar-refractivity contribution in [2.24, 2.45) is 10.9 Å². The van der Waals surface area contributed by atoms with Gasteiger partial charge in [-0.15, -0.1) is 0 Å². The first-order chi connectivity index (χ1) is 21.5. The molecule has 3 aromatic rings. The Labute approximate surface area is 264 Å². The van der Waals surface area contributed by atoms with Gasteiger partial charge in [0.05, 0.1) is 17.3 Å². The van der Waals surface area contributed by atoms with E-state index < -0.39 is 35.5 Å². The first-order valence-corrected chi connectivity index (χ1v) is 15.2. The molecule has 9 nitrogen and oxygen atoms in total. The van der Waals surface area contributed by atoms with E-state index in [4.69, 9.17) is 4.74 Å². The summed E-state index contributed by atoms with van der Waals surface area (Å²) < 4.78 is 5.85. The van der Waals surface area contributed by atoms with Crippen molar-refractivity contribution in [1.29, 1.82) is 0 Å². The van der Waals surface area contributed by atoms with E-state index in [-0.39, 0.29) is 30.8 Å². The first kappa shape index (κ1) is 31.7. The van der Waals surface area contributed by atoms with Gasteiger partial charge in [0.15, 0.2) is 6.10 Å². The quantitative estimate of drug-likeness (QED) is 0.371. The van der Waals surface area contributed by atoms with E-state index in [9.17, 15) is 19.5 Å². The highest BCUT2D eigenvalue weighted by Gasteiger charge is 2.48. The number of aliphatic hydroxyl groups excluding tert-OH is 1. The number of hydrazine groups is 1. The van der Waals surface area contributed by atoms with Gasteiger partial charge in [-0.25, -0.2) is 15.0 Å². The summed E-state index contributed by atoms with van der Waals surface area (Å²) in [4.78, 5) is 48.6. The van der Waals surface area contributed by atoms with E-state index in [1.807, 2.05) is 94.4 Å². The Hall–Kier alpha value is -4.76. The van der Waals surface area contributed by atoms with Crippen molar-refractivity contribution in [3.8, 4) is 0 Å². The second-order valence-corrected chi connectivity index (χ2v) is 12.4. The number of ether oxygens (including phenoxy) is 1.